The van der Waals surface area contributed by atoms with Crippen molar-refractivity contribution in [2.45, 2.75) is 38.1 Å². The highest BCUT2D eigenvalue weighted by Crippen LogP contribution is 2.30. The van der Waals surface area contributed by atoms with E-state index in [9.17, 15) is 14.4 Å². The number of Topliss-reactive ketones (excluding diaryl/α,β-unsaturated/α-hetero) is 1. The van der Waals surface area contributed by atoms with Gasteiger partial charge in [-0.2, -0.15) is 0 Å². The molecule has 6 nitrogen and oxygen atoms in total. The number of hydrogen-bond acceptors (Lipinski definition) is 4. The third kappa shape index (κ3) is 4.16. The van der Waals surface area contributed by atoms with Gasteiger partial charge in [-0.15, -0.1) is 0 Å². The molecule has 0 bridgehead atoms. The molecule has 140 valence electrons. The number of nitrogens with one attached hydrogen (secondary N) is 1. The minimum absolute atomic E-state index is 0.00656. The molecule has 0 spiro atoms. The van der Waals surface area contributed by atoms with E-state index in [1.54, 1.807) is 48.5 Å². The van der Waals surface area contributed by atoms with Gasteiger partial charge in [0, 0.05) is 11.1 Å². The van der Waals surface area contributed by atoms with Crippen LogP contribution < -0.4 is 15.8 Å². The van der Waals surface area contributed by atoms with Gasteiger partial charge in [0.25, 0.3) is 5.91 Å². The van der Waals surface area contributed by atoms with Crippen LogP contribution in [0.25, 0.3) is 0 Å². The van der Waals surface area contributed by atoms with Gasteiger partial charge in [0.1, 0.15) is 17.0 Å². The fourth-order valence-corrected chi connectivity index (χ4v) is 3.27. The van der Waals surface area contributed by atoms with Crippen LogP contribution in [0.2, 0.25) is 0 Å². The summed E-state index contributed by atoms with van der Waals surface area (Å²) in [5.41, 5.74) is 5.61. The summed E-state index contributed by atoms with van der Waals surface area (Å²) in [7, 11) is 0. The molecule has 3 rings (SSSR count). The van der Waals surface area contributed by atoms with Crippen molar-refractivity contribution in [2.24, 2.45) is 5.73 Å². The quantitative estimate of drug-likeness (QED) is 0.767. The summed E-state index contributed by atoms with van der Waals surface area (Å²) in [4.78, 5) is 35.6. The summed E-state index contributed by atoms with van der Waals surface area (Å²) >= 11 is 0. The topological polar surface area (TPSA) is 98.5 Å². The molecule has 2 aromatic carbocycles. The summed E-state index contributed by atoms with van der Waals surface area (Å²) in [5.74, 6) is 0.340. The number of ketones is 1. The Labute approximate surface area is 157 Å². The molecule has 0 radical (unpaired) electrons. The van der Waals surface area contributed by atoms with E-state index in [0.29, 0.717) is 35.5 Å². The highest BCUT2D eigenvalue weighted by molar-refractivity contribution is 5.99. The largest absolute Gasteiger partial charge is 0.457 e. The average molecular weight is 366 g/mol. The highest BCUT2D eigenvalue weighted by atomic mass is 16.5. The predicted octanol–water partition coefficient (Wildman–Crippen LogP) is 3.21. The van der Waals surface area contributed by atoms with Gasteiger partial charge < -0.3 is 15.8 Å². The van der Waals surface area contributed by atoms with Gasteiger partial charge in [0.15, 0.2) is 5.78 Å². The Hall–Kier alpha value is -3.15. The molecule has 1 aliphatic carbocycles. The lowest BCUT2D eigenvalue weighted by Gasteiger charge is -2.26. The molecule has 0 unspecified atom stereocenters. The van der Waals surface area contributed by atoms with Crippen LogP contribution in [0.1, 0.15) is 53.3 Å². The van der Waals surface area contributed by atoms with Crippen LogP contribution in [0, 0.1) is 0 Å². The summed E-state index contributed by atoms with van der Waals surface area (Å²) in [6, 6.07) is 13.5. The first-order valence-corrected chi connectivity index (χ1v) is 8.91. The highest BCUT2D eigenvalue weighted by Gasteiger charge is 2.40. The number of carbonyl (C=O) groups is 3. The molecule has 0 atom stereocenters. The van der Waals surface area contributed by atoms with Gasteiger partial charge in [-0.3, -0.25) is 14.4 Å². The Morgan fingerprint density at radius 2 is 1.37 bits per heavy atom. The molecular formula is C21H22N2O4. The Balaban J connectivity index is 1.66. The molecule has 1 aliphatic rings. The van der Waals surface area contributed by atoms with E-state index in [1.807, 2.05) is 0 Å². The number of hydrogen-bond donors (Lipinski definition) is 2. The SMILES string of the molecule is CC(=O)c1ccc(Oc2ccc(C(=O)NC3(C(N)=O)CCCC3)cc2)cc1. The van der Waals surface area contributed by atoms with Crippen molar-refractivity contribution >= 4 is 17.6 Å². The minimum Gasteiger partial charge on any atom is -0.457 e. The van der Waals surface area contributed by atoms with Crippen LogP contribution in [0.4, 0.5) is 0 Å². The minimum atomic E-state index is -0.940. The van der Waals surface area contributed by atoms with E-state index in [4.69, 9.17) is 10.5 Å². The van der Waals surface area contributed by atoms with E-state index >= 15 is 0 Å². The van der Waals surface area contributed by atoms with Crippen LogP contribution in [0.15, 0.2) is 48.5 Å². The van der Waals surface area contributed by atoms with Crippen molar-refractivity contribution in [3.05, 3.63) is 59.7 Å². The van der Waals surface area contributed by atoms with Gasteiger partial charge in [-0.05, 0) is 68.3 Å². The van der Waals surface area contributed by atoms with Gasteiger partial charge in [0.2, 0.25) is 5.91 Å². The van der Waals surface area contributed by atoms with E-state index in [1.165, 1.54) is 6.92 Å². The molecular weight excluding hydrogens is 344 g/mol. The van der Waals surface area contributed by atoms with Crippen molar-refractivity contribution in [3.8, 4) is 11.5 Å². The molecule has 27 heavy (non-hydrogen) atoms. The second-order valence-corrected chi connectivity index (χ2v) is 6.81. The molecule has 1 saturated carbocycles. The molecule has 0 heterocycles. The van der Waals surface area contributed by atoms with E-state index in [2.05, 4.69) is 5.32 Å². The third-order valence-corrected chi connectivity index (χ3v) is 4.89. The number of nitrogens with two attached hydrogens (primary N) is 1. The zero-order chi connectivity index (χ0) is 19.4. The molecule has 6 heteroatoms. The van der Waals surface area contributed by atoms with E-state index in [-0.39, 0.29) is 11.7 Å². The number of carbonyl (C=O) groups excluding carboxylic acids is 3. The Morgan fingerprint density at radius 1 is 0.889 bits per heavy atom. The van der Waals surface area contributed by atoms with Gasteiger partial charge in [-0.1, -0.05) is 12.8 Å². The van der Waals surface area contributed by atoms with Crippen molar-refractivity contribution in [3.63, 3.8) is 0 Å². The van der Waals surface area contributed by atoms with Crippen LogP contribution in [-0.2, 0) is 4.79 Å². The molecule has 2 aromatic rings. The van der Waals surface area contributed by atoms with Gasteiger partial charge in [0.05, 0.1) is 0 Å². The lowest BCUT2D eigenvalue weighted by Crippen LogP contribution is -2.55. The Bertz CT molecular complexity index is 851. The number of ether oxygens (including phenoxy) is 1. The Kier molecular flexibility index (Phi) is 5.26. The van der Waals surface area contributed by atoms with Crippen LogP contribution in [-0.4, -0.2) is 23.1 Å². The maximum atomic E-state index is 12.5. The summed E-state index contributed by atoms with van der Waals surface area (Å²) < 4.78 is 5.72. The van der Waals surface area contributed by atoms with Gasteiger partial charge in [-0.25, -0.2) is 0 Å². The monoisotopic (exact) mass is 366 g/mol. The Morgan fingerprint density at radius 3 is 1.81 bits per heavy atom. The normalized spacial score (nSPS) is 15.1. The molecule has 0 aromatic heterocycles. The summed E-state index contributed by atoms with van der Waals surface area (Å²) in [5, 5.41) is 2.81. The molecule has 0 aliphatic heterocycles. The number of benzene rings is 2. The molecule has 3 N–H and O–H groups in total. The number of rotatable bonds is 6. The second kappa shape index (κ2) is 7.61. The summed E-state index contributed by atoms with van der Waals surface area (Å²) in [6.07, 6.45) is 2.90. The van der Waals surface area contributed by atoms with E-state index < -0.39 is 11.4 Å². The van der Waals surface area contributed by atoms with Crippen LogP contribution in [0.3, 0.4) is 0 Å². The maximum Gasteiger partial charge on any atom is 0.252 e. The van der Waals surface area contributed by atoms with Crippen LogP contribution in [0.5, 0.6) is 11.5 Å². The molecule has 2 amide bonds. The lowest BCUT2D eigenvalue weighted by molar-refractivity contribution is -0.123. The third-order valence-electron chi connectivity index (χ3n) is 4.89. The summed E-state index contributed by atoms with van der Waals surface area (Å²) in [6.45, 7) is 1.51. The molecule has 1 fully saturated rings. The fourth-order valence-electron chi connectivity index (χ4n) is 3.27. The first-order valence-electron chi connectivity index (χ1n) is 8.91. The standard InChI is InChI=1S/C21H22N2O4/c1-14(24)15-4-8-17(9-5-15)27-18-10-6-16(7-11-18)19(25)23-21(20(22)26)12-2-3-13-21/h4-11H,2-3,12-13H2,1H3,(H2,22,26)(H,23,25). The first kappa shape index (κ1) is 18.6. The average Bonchev–Trinajstić information content (AvgIpc) is 3.12. The first-order chi connectivity index (χ1) is 12.9. The number of amides is 2. The molecule has 0 saturated heterocycles. The second-order valence-electron chi connectivity index (χ2n) is 6.81. The van der Waals surface area contributed by atoms with E-state index in [0.717, 1.165) is 12.8 Å². The van der Waals surface area contributed by atoms with Crippen LogP contribution >= 0.6 is 0 Å². The smallest absolute Gasteiger partial charge is 0.252 e. The number of primary amides is 1. The van der Waals surface area contributed by atoms with Crippen molar-refractivity contribution < 1.29 is 19.1 Å². The maximum absolute atomic E-state index is 12.5. The van der Waals surface area contributed by atoms with Crippen molar-refractivity contribution in [1.29, 1.82) is 0 Å². The zero-order valence-electron chi connectivity index (χ0n) is 15.2. The predicted molar refractivity (Wildman–Crippen MR) is 101 cm³/mol. The van der Waals surface area contributed by atoms with Gasteiger partial charge >= 0.3 is 0 Å². The zero-order valence-corrected chi connectivity index (χ0v) is 15.2. The fraction of sp³-hybridized carbons (Fsp3) is 0.286. The van der Waals surface area contributed by atoms with Crippen molar-refractivity contribution in [2.75, 3.05) is 0 Å². The lowest BCUT2D eigenvalue weighted by atomic mass is 9.96. The van der Waals surface area contributed by atoms with Crippen molar-refractivity contribution in [1.82, 2.24) is 5.32 Å².